The minimum Gasteiger partial charge on any atom is -0.474 e. The molecule has 1 N–H and O–H groups in total. The van der Waals surface area contributed by atoms with Crippen LogP contribution in [0.25, 0.3) is 0 Å². The maximum atomic E-state index is 5.78. The second-order valence-electron chi connectivity index (χ2n) is 4.60. The fourth-order valence-corrected chi connectivity index (χ4v) is 2.26. The number of likely N-dealkylation sites (tertiary alicyclic amines) is 1. The molecule has 1 atom stereocenters. The lowest BCUT2D eigenvalue weighted by molar-refractivity contribution is 0.0404. The fourth-order valence-electron chi connectivity index (χ4n) is 2.26. The van der Waals surface area contributed by atoms with Crippen LogP contribution in [0.15, 0.2) is 23.7 Å². The molecule has 2 rings (SSSR count). The van der Waals surface area contributed by atoms with Crippen molar-refractivity contribution in [3.63, 3.8) is 0 Å². The molecule has 1 saturated heterocycles. The van der Waals surface area contributed by atoms with Gasteiger partial charge in [-0.3, -0.25) is 0 Å². The molecule has 0 spiro atoms. The van der Waals surface area contributed by atoms with Gasteiger partial charge in [-0.2, -0.15) is 0 Å². The van der Waals surface area contributed by atoms with E-state index in [4.69, 9.17) is 9.47 Å². The summed E-state index contributed by atoms with van der Waals surface area (Å²) in [6.07, 6.45) is 7.00. The van der Waals surface area contributed by atoms with Crippen LogP contribution in [0.5, 0.6) is 0 Å². The Bertz CT molecular complexity index is 307. The highest BCUT2D eigenvalue weighted by Crippen LogP contribution is 2.19. The lowest BCUT2D eigenvalue weighted by atomic mass is 10.3. The number of nitrogens with zero attached hydrogens (tertiary/aromatic N) is 1. The van der Waals surface area contributed by atoms with Crippen LogP contribution in [0.1, 0.15) is 19.8 Å². The molecule has 0 radical (unpaired) electrons. The molecule has 17 heavy (non-hydrogen) atoms. The van der Waals surface area contributed by atoms with Crippen LogP contribution in [0.4, 0.5) is 0 Å². The van der Waals surface area contributed by atoms with E-state index in [0.717, 1.165) is 12.4 Å². The largest absolute Gasteiger partial charge is 0.474 e. The standard InChI is InChI=1S/C13H22N2O2/c1-11(10-16-2)17-13-9-12(5-6-14-13)15-7-3-4-8-15/h5,9,11,14H,3-4,6-8,10H2,1-2H3. The summed E-state index contributed by atoms with van der Waals surface area (Å²) in [6.45, 7) is 5.81. The smallest absolute Gasteiger partial charge is 0.189 e. The second-order valence-corrected chi connectivity index (χ2v) is 4.60. The van der Waals surface area contributed by atoms with Gasteiger partial charge >= 0.3 is 0 Å². The number of hydrogen-bond acceptors (Lipinski definition) is 4. The third-order valence-corrected chi connectivity index (χ3v) is 3.07. The summed E-state index contributed by atoms with van der Waals surface area (Å²) >= 11 is 0. The zero-order valence-corrected chi connectivity index (χ0v) is 10.7. The number of nitrogens with one attached hydrogen (secondary N) is 1. The zero-order chi connectivity index (χ0) is 12.1. The number of ether oxygens (including phenoxy) is 2. The van der Waals surface area contributed by atoms with Crippen molar-refractivity contribution in [2.45, 2.75) is 25.9 Å². The Hall–Kier alpha value is -1.16. The van der Waals surface area contributed by atoms with Crippen LogP contribution in [-0.4, -0.2) is 44.4 Å². The summed E-state index contributed by atoms with van der Waals surface area (Å²) in [6, 6.07) is 0. The van der Waals surface area contributed by atoms with Gasteiger partial charge in [-0.05, 0) is 25.8 Å². The van der Waals surface area contributed by atoms with Crippen molar-refractivity contribution in [1.29, 1.82) is 0 Å². The molecule has 0 aromatic carbocycles. The van der Waals surface area contributed by atoms with Gasteiger partial charge in [-0.1, -0.05) is 0 Å². The first-order valence-electron chi connectivity index (χ1n) is 6.36. The average Bonchev–Trinajstić information content (AvgIpc) is 2.83. The third-order valence-electron chi connectivity index (χ3n) is 3.07. The van der Waals surface area contributed by atoms with Gasteiger partial charge < -0.3 is 19.7 Å². The van der Waals surface area contributed by atoms with E-state index in [9.17, 15) is 0 Å². The Labute approximate surface area is 103 Å². The highest BCUT2D eigenvalue weighted by Gasteiger charge is 2.17. The van der Waals surface area contributed by atoms with Crippen molar-refractivity contribution < 1.29 is 9.47 Å². The highest BCUT2D eigenvalue weighted by atomic mass is 16.5. The maximum absolute atomic E-state index is 5.78. The van der Waals surface area contributed by atoms with Crippen LogP contribution < -0.4 is 5.32 Å². The van der Waals surface area contributed by atoms with Crippen molar-refractivity contribution in [3.8, 4) is 0 Å². The molecule has 4 nitrogen and oxygen atoms in total. The minimum atomic E-state index is 0.0803. The van der Waals surface area contributed by atoms with Gasteiger partial charge in [0.25, 0.3) is 0 Å². The van der Waals surface area contributed by atoms with Gasteiger partial charge in [0.1, 0.15) is 6.10 Å². The van der Waals surface area contributed by atoms with Crippen molar-refractivity contribution in [1.82, 2.24) is 10.2 Å². The molecule has 1 fully saturated rings. The van der Waals surface area contributed by atoms with Crippen LogP contribution in [-0.2, 0) is 9.47 Å². The Kier molecular flexibility index (Phi) is 4.31. The van der Waals surface area contributed by atoms with Crippen molar-refractivity contribution in [2.24, 2.45) is 0 Å². The molecule has 0 aromatic rings. The quantitative estimate of drug-likeness (QED) is 0.786. The number of hydrogen-bond donors (Lipinski definition) is 1. The van der Waals surface area contributed by atoms with E-state index in [1.165, 1.54) is 31.6 Å². The summed E-state index contributed by atoms with van der Waals surface area (Å²) in [7, 11) is 1.69. The number of allylic oxidation sites excluding steroid dienone is 1. The Morgan fingerprint density at radius 3 is 2.88 bits per heavy atom. The lowest BCUT2D eigenvalue weighted by Crippen LogP contribution is -2.28. The van der Waals surface area contributed by atoms with Gasteiger partial charge in [0.05, 0.1) is 6.61 Å². The summed E-state index contributed by atoms with van der Waals surface area (Å²) in [5.74, 6) is 0.860. The topological polar surface area (TPSA) is 33.7 Å². The zero-order valence-electron chi connectivity index (χ0n) is 10.7. The van der Waals surface area contributed by atoms with E-state index in [1.54, 1.807) is 7.11 Å². The van der Waals surface area contributed by atoms with Gasteiger partial charge in [-0.15, -0.1) is 0 Å². The van der Waals surface area contributed by atoms with Gasteiger partial charge in [0.2, 0.25) is 0 Å². The summed E-state index contributed by atoms with van der Waals surface area (Å²) < 4.78 is 10.8. The SMILES string of the molecule is COCC(C)OC1=CC(N2CCCC2)=CCN1. The van der Waals surface area contributed by atoms with Gasteiger partial charge in [0.15, 0.2) is 5.88 Å². The molecular formula is C13H22N2O2. The molecule has 0 saturated carbocycles. The van der Waals surface area contributed by atoms with E-state index < -0.39 is 0 Å². The lowest BCUT2D eigenvalue weighted by Gasteiger charge is -2.25. The van der Waals surface area contributed by atoms with Gasteiger partial charge in [-0.25, -0.2) is 0 Å². The van der Waals surface area contributed by atoms with Gasteiger partial charge in [0, 0.05) is 38.5 Å². The number of methoxy groups -OCH3 is 1. The van der Waals surface area contributed by atoms with E-state index >= 15 is 0 Å². The van der Waals surface area contributed by atoms with Crippen LogP contribution in [0, 0.1) is 0 Å². The summed E-state index contributed by atoms with van der Waals surface area (Å²) in [5.41, 5.74) is 1.29. The first-order chi connectivity index (χ1) is 8.29. The molecule has 2 aliphatic heterocycles. The minimum absolute atomic E-state index is 0.0803. The van der Waals surface area contributed by atoms with Crippen molar-refractivity contribution in [2.75, 3.05) is 33.4 Å². The molecule has 96 valence electrons. The molecule has 4 heteroatoms. The first-order valence-corrected chi connectivity index (χ1v) is 6.36. The molecule has 2 aliphatic rings. The summed E-state index contributed by atoms with van der Waals surface area (Å²) in [5, 5.41) is 3.24. The first kappa shape index (κ1) is 12.3. The van der Waals surface area contributed by atoms with Crippen molar-refractivity contribution in [3.05, 3.63) is 23.7 Å². The van der Waals surface area contributed by atoms with Crippen LogP contribution in [0.3, 0.4) is 0 Å². The monoisotopic (exact) mass is 238 g/mol. The Morgan fingerprint density at radius 2 is 2.18 bits per heavy atom. The molecule has 2 heterocycles. The van der Waals surface area contributed by atoms with E-state index in [2.05, 4.69) is 22.4 Å². The molecule has 0 aliphatic carbocycles. The molecule has 0 amide bonds. The Balaban J connectivity index is 1.92. The predicted octanol–water partition coefficient (Wildman–Crippen LogP) is 1.46. The summed E-state index contributed by atoms with van der Waals surface area (Å²) in [4.78, 5) is 2.42. The van der Waals surface area contributed by atoms with Crippen LogP contribution in [0.2, 0.25) is 0 Å². The van der Waals surface area contributed by atoms with E-state index in [0.29, 0.717) is 6.61 Å². The molecular weight excluding hydrogens is 216 g/mol. The normalized spacial score (nSPS) is 21.6. The predicted molar refractivity (Wildman–Crippen MR) is 67.4 cm³/mol. The number of rotatable bonds is 5. The third kappa shape index (κ3) is 3.40. The van der Waals surface area contributed by atoms with Crippen LogP contribution >= 0.6 is 0 Å². The van der Waals surface area contributed by atoms with E-state index in [-0.39, 0.29) is 6.10 Å². The highest BCUT2D eigenvalue weighted by molar-refractivity contribution is 5.24. The Morgan fingerprint density at radius 1 is 1.41 bits per heavy atom. The second kappa shape index (κ2) is 5.96. The molecule has 0 aromatic heterocycles. The number of dihydropyridines is 1. The fraction of sp³-hybridized carbons (Fsp3) is 0.692. The van der Waals surface area contributed by atoms with E-state index in [1.807, 2.05) is 6.92 Å². The molecule has 0 bridgehead atoms. The molecule has 1 unspecified atom stereocenters. The average molecular weight is 238 g/mol. The maximum Gasteiger partial charge on any atom is 0.189 e. The van der Waals surface area contributed by atoms with Crippen molar-refractivity contribution >= 4 is 0 Å².